The molecule has 0 aliphatic heterocycles. The number of aromatic nitrogens is 5. The first-order chi connectivity index (χ1) is 14.1. The number of aryl methyl sites for hydroxylation is 1. The summed E-state index contributed by atoms with van der Waals surface area (Å²) in [6, 6.07) is 7.97. The van der Waals surface area contributed by atoms with Gasteiger partial charge in [0.1, 0.15) is 18.0 Å². The Hall–Kier alpha value is -3.58. The number of fused-ring (bicyclic) bond motifs is 1. The summed E-state index contributed by atoms with van der Waals surface area (Å²) in [6.07, 6.45) is 4.23. The van der Waals surface area contributed by atoms with E-state index in [1.807, 2.05) is 35.3 Å². The van der Waals surface area contributed by atoms with Crippen LogP contribution in [0.3, 0.4) is 0 Å². The third kappa shape index (κ3) is 4.30. The number of nitrogens with zero attached hydrogens (tertiary/aromatic N) is 6. The number of nitrogens with one attached hydrogen (secondary N) is 1. The van der Waals surface area contributed by atoms with Crippen LogP contribution in [0.15, 0.2) is 35.0 Å². The van der Waals surface area contributed by atoms with Gasteiger partial charge in [-0.05, 0) is 24.6 Å². The molecule has 0 unspecified atom stereocenters. The normalized spacial score (nSPS) is 10.9. The van der Waals surface area contributed by atoms with Gasteiger partial charge in [0.15, 0.2) is 0 Å². The number of amides is 1. The molecule has 0 radical (unpaired) electrons. The van der Waals surface area contributed by atoms with Crippen molar-refractivity contribution in [1.29, 1.82) is 5.26 Å². The number of benzene rings is 1. The molecule has 1 N–H and O–H groups in total. The fraction of sp³-hybridized carbons (Fsp3) is 0.263. The zero-order valence-electron chi connectivity index (χ0n) is 15.6. The average Bonchev–Trinajstić information content (AvgIpc) is 3.45. The fourth-order valence-electron chi connectivity index (χ4n) is 2.81. The zero-order valence-corrected chi connectivity index (χ0v) is 16.4. The number of nitriles is 1. The molecule has 0 aliphatic carbocycles. The highest BCUT2D eigenvalue weighted by molar-refractivity contribution is 7.18. The second-order valence-corrected chi connectivity index (χ2v) is 7.37. The topological polar surface area (TPSA) is 123 Å². The number of thiazole rings is 1. The van der Waals surface area contributed by atoms with E-state index in [0.717, 1.165) is 32.9 Å². The maximum Gasteiger partial charge on any atom is 0.230 e. The predicted molar refractivity (Wildman–Crippen MR) is 106 cm³/mol. The number of rotatable bonds is 7. The number of carbonyl (C=O) groups is 1. The Morgan fingerprint density at radius 1 is 1.31 bits per heavy atom. The minimum atomic E-state index is -0.333. The van der Waals surface area contributed by atoms with Gasteiger partial charge in [-0.2, -0.15) is 10.4 Å². The minimum Gasteiger partial charge on any atom is -0.424 e. The van der Waals surface area contributed by atoms with Crippen LogP contribution < -0.4 is 5.32 Å². The molecule has 1 aromatic carbocycles. The highest BCUT2D eigenvalue weighted by atomic mass is 32.1. The summed E-state index contributed by atoms with van der Waals surface area (Å²) in [5.41, 5.74) is 3.07. The Bertz CT molecular complexity index is 1200. The first-order valence-electron chi connectivity index (χ1n) is 9.02. The van der Waals surface area contributed by atoms with E-state index in [2.05, 4.69) is 38.6 Å². The van der Waals surface area contributed by atoms with Crippen molar-refractivity contribution < 1.29 is 9.21 Å². The summed E-state index contributed by atoms with van der Waals surface area (Å²) in [5.74, 6) is 0.282. The Kier molecular flexibility index (Phi) is 5.31. The van der Waals surface area contributed by atoms with Crippen LogP contribution in [-0.4, -0.2) is 37.4 Å². The third-order valence-electron chi connectivity index (χ3n) is 4.21. The monoisotopic (exact) mass is 407 g/mol. The van der Waals surface area contributed by atoms with E-state index in [9.17, 15) is 4.79 Å². The highest BCUT2D eigenvalue weighted by Crippen LogP contribution is 2.29. The third-order valence-corrected chi connectivity index (χ3v) is 5.23. The van der Waals surface area contributed by atoms with E-state index in [-0.39, 0.29) is 24.8 Å². The predicted octanol–water partition coefficient (Wildman–Crippen LogP) is 2.34. The van der Waals surface area contributed by atoms with Crippen molar-refractivity contribution in [3.8, 4) is 17.2 Å². The fourth-order valence-corrected chi connectivity index (χ4v) is 3.81. The van der Waals surface area contributed by atoms with E-state index < -0.39 is 0 Å². The van der Waals surface area contributed by atoms with E-state index in [4.69, 9.17) is 9.68 Å². The molecule has 0 aliphatic rings. The van der Waals surface area contributed by atoms with Crippen LogP contribution >= 0.6 is 11.3 Å². The van der Waals surface area contributed by atoms with Gasteiger partial charge in [0.2, 0.25) is 17.7 Å². The summed E-state index contributed by atoms with van der Waals surface area (Å²) < 4.78 is 8.49. The van der Waals surface area contributed by atoms with Crippen LogP contribution in [0.25, 0.3) is 21.3 Å². The van der Waals surface area contributed by atoms with Crippen molar-refractivity contribution in [3.63, 3.8) is 0 Å². The maximum absolute atomic E-state index is 11.6. The van der Waals surface area contributed by atoms with E-state index in [1.54, 1.807) is 11.3 Å². The van der Waals surface area contributed by atoms with Crippen molar-refractivity contribution in [1.82, 2.24) is 30.3 Å². The zero-order chi connectivity index (χ0) is 20.2. The van der Waals surface area contributed by atoms with Crippen molar-refractivity contribution in [2.45, 2.75) is 26.3 Å². The molecule has 0 spiro atoms. The highest BCUT2D eigenvalue weighted by Gasteiger charge is 2.14. The summed E-state index contributed by atoms with van der Waals surface area (Å²) in [6.45, 7) is 2.84. The number of hydrogen-bond donors (Lipinski definition) is 1. The molecule has 10 heteroatoms. The summed E-state index contributed by atoms with van der Waals surface area (Å²) in [4.78, 5) is 16.2. The Morgan fingerprint density at radius 3 is 2.97 bits per heavy atom. The molecule has 146 valence electrons. The van der Waals surface area contributed by atoms with Gasteiger partial charge in [-0.15, -0.1) is 21.5 Å². The minimum absolute atomic E-state index is 0.0489. The van der Waals surface area contributed by atoms with Gasteiger partial charge in [0, 0.05) is 18.3 Å². The summed E-state index contributed by atoms with van der Waals surface area (Å²) >= 11 is 1.57. The lowest BCUT2D eigenvalue weighted by Crippen LogP contribution is -2.25. The van der Waals surface area contributed by atoms with Crippen molar-refractivity contribution >= 4 is 27.5 Å². The van der Waals surface area contributed by atoms with Gasteiger partial charge in [-0.3, -0.25) is 9.48 Å². The second-order valence-electron chi connectivity index (χ2n) is 6.25. The van der Waals surface area contributed by atoms with Crippen molar-refractivity contribution in [2.24, 2.45) is 0 Å². The van der Waals surface area contributed by atoms with E-state index in [1.165, 1.54) is 0 Å². The molecule has 3 heterocycles. The summed E-state index contributed by atoms with van der Waals surface area (Å²) in [7, 11) is 0. The molecule has 0 saturated carbocycles. The molecule has 4 aromatic rings. The Morgan fingerprint density at radius 2 is 2.17 bits per heavy atom. The van der Waals surface area contributed by atoms with Gasteiger partial charge in [-0.1, -0.05) is 6.07 Å². The Balaban J connectivity index is 1.47. The molecule has 3 aromatic heterocycles. The van der Waals surface area contributed by atoms with Crippen LogP contribution in [0, 0.1) is 11.3 Å². The van der Waals surface area contributed by atoms with Crippen LogP contribution in [0.1, 0.15) is 23.7 Å². The molecule has 0 saturated heterocycles. The quantitative estimate of drug-likeness (QED) is 0.466. The van der Waals surface area contributed by atoms with Crippen molar-refractivity contribution in [2.75, 3.05) is 6.54 Å². The molecule has 29 heavy (non-hydrogen) atoms. The standard InChI is InChI=1S/C19H17N7O2S/c1-2-26-11-13(10-22-26)12-3-4-14-15(7-12)29-19(23-14)9-18-25-24-17(28-18)8-16(27)21-6-5-20/h3-4,7,10-11H,2,6,8-9H2,1H3,(H,21,27). The van der Waals surface area contributed by atoms with Crippen LogP contribution in [0.4, 0.5) is 0 Å². The number of carbonyl (C=O) groups excluding carboxylic acids is 1. The smallest absolute Gasteiger partial charge is 0.230 e. The first-order valence-corrected chi connectivity index (χ1v) is 9.83. The lowest BCUT2D eigenvalue weighted by Gasteiger charge is -1.96. The molecule has 4 rings (SSSR count). The molecule has 0 atom stereocenters. The van der Waals surface area contributed by atoms with E-state index in [0.29, 0.717) is 12.3 Å². The maximum atomic E-state index is 11.6. The molecule has 1 amide bonds. The first kappa shape index (κ1) is 18.8. The second kappa shape index (κ2) is 8.20. The van der Waals surface area contributed by atoms with Crippen LogP contribution in [0.5, 0.6) is 0 Å². The lowest BCUT2D eigenvalue weighted by atomic mass is 10.1. The van der Waals surface area contributed by atoms with Gasteiger partial charge in [0.25, 0.3) is 0 Å². The molecular weight excluding hydrogens is 390 g/mol. The van der Waals surface area contributed by atoms with E-state index >= 15 is 0 Å². The number of hydrogen-bond acceptors (Lipinski definition) is 8. The van der Waals surface area contributed by atoms with Crippen molar-refractivity contribution in [3.05, 3.63) is 47.4 Å². The molecular formula is C19H17N7O2S. The Labute approximate surface area is 170 Å². The van der Waals surface area contributed by atoms with Crippen LogP contribution in [0.2, 0.25) is 0 Å². The summed E-state index contributed by atoms with van der Waals surface area (Å²) in [5, 5.41) is 24.0. The van der Waals surface area contributed by atoms with Gasteiger partial charge in [0.05, 0.1) is 28.9 Å². The average molecular weight is 407 g/mol. The molecule has 0 fully saturated rings. The molecule has 0 bridgehead atoms. The van der Waals surface area contributed by atoms with Gasteiger partial charge in [-0.25, -0.2) is 4.98 Å². The van der Waals surface area contributed by atoms with Gasteiger partial charge < -0.3 is 9.73 Å². The largest absolute Gasteiger partial charge is 0.424 e. The van der Waals surface area contributed by atoms with Gasteiger partial charge >= 0.3 is 0 Å². The lowest BCUT2D eigenvalue weighted by molar-refractivity contribution is -0.120. The van der Waals surface area contributed by atoms with Crippen LogP contribution in [-0.2, 0) is 24.2 Å². The molecule has 9 nitrogen and oxygen atoms in total. The SMILES string of the molecule is CCn1cc(-c2ccc3nc(Cc4nnc(CC(=O)NCC#N)o4)sc3c2)cn1.